The summed E-state index contributed by atoms with van der Waals surface area (Å²) in [5.74, 6) is 1.12. The van der Waals surface area contributed by atoms with Gasteiger partial charge in [0.2, 0.25) is 0 Å². The Morgan fingerprint density at radius 1 is 1.30 bits per heavy atom. The molecule has 0 aliphatic heterocycles. The van der Waals surface area contributed by atoms with Crippen LogP contribution in [0.4, 0.5) is 0 Å². The van der Waals surface area contributed by atoms with Gasteiger partial charge in [-0.05, 0) is 26.0 Å². The lowest BCUT2D eigenvalue weighted by molar-refractivity contribution is 0.488. The molecule has 0 amide bonds. The lowest BCUT2D eigenvalue weighted by Crippen LogP contribution is -2.26. The van der Waals surface area contributed by atoms with Gasteiger partial charge in [-0.3, -0.25) is 4.68 Å². The summed E-state index contributed by atoms with van der Waals surface area (Å²) < 4.78 is 4.19. The zero-order valence-electron chi connectivity index (χ0n) is 12.9. The molecular weight excluding hydrogens is 250 g/mol. The third-order valence-electron chi connectivity index (χ3n) is 3.67. The number of aryl methyl sites for hydroxylation is 3. The second-order valence-corrected chi connectivity index (χ2v) is 4.98. The molecule has 1 N–H and O–H groups in total. The zero-order chi connectivity index (χ0) is 14.5. The maximum absolute atomic E-state index is 4.55. The van der Waals surface area contributed by atoms with Crippen LogP contribution in [0.5, 0.6) is 0 Å². The number of nitrogens with one attached hydrogen (secondary N) is 1. The van der Waals surface area contributed by atoms with Crippen LogP contribution < -0.4 is 5.32 Å². The van der Waals surface area contributed by atoms with E-state index in [9.17, 15) is 0 Å². The van der Waals surface area contributed by atoms with Gasteiger partial charge >= 0.3 is 0 Å². The van der Waals surface area contributed by atoms with Gasteiger partial charge in [-0.15, -0.1) is 0 Å². The molecule has 0 fully saturated rings. The largest absolute Gasteiger partial charge is 0.335 e. The highest BCUT2D eigenvalue weighted by Crippen LogP contribution is 2.19. The van der Waals surface area contributed by atoms with E-state index >= 15 is 0 Å². The second-order valence-electron chi connectivity index (χ2n) is 4.98. The van der Waals surface area contributed by atoms with Crippen molar-refractivity contribution >= 4 is 0 Å². The highest BCUT2D eigenvalue weighted by Gasteiger charge is 2.18. The maximum Gasteiger partial charge on any atom is 0.110 e. The van der Waals surface area contributed by atoms with Crippen molar-refractivity contribution in [3.05, 3.63) is 35.7 Å². The first-order valence-electron chi connectivity index (χ1n) is 7.45. The highest BCUT2D eigenvalue weighted by atomic mass is 15.3. The van der Waals surface area contributed by atoms with E-state index in [1.54, 1.807) is 0 Å². The van der Waals surface area contributed by atoms with E-state index in [0.717, 1.165) is 37.4 Å². The first-order valence-corrected chi connectivity index (χ1v) is 7.45. The molecule has 0 aliphatic carbocycles. The highest BCUT2D eigenvalue weighted by molar-refractivity contribution is 5.16. The van der Waals surface area contributed by atoms with Crippen LogP contribution in [0.25, 0.3) is 0 Å². The van der Waals surface area contributed by atoms with Crippen molar-refractivity contribution < 1.29 is 0 Å². The molecule has 2 aromatic heterocycles. The van der Waals surface area contributed by atoms with Crippen molar-refractivity contribution in [1.29, 1.82) is 0 Å². The number of rotatable bonds is 7. The summed E-state index contributed by atoms with van der Waals surface area (Å²) in [6.07, 6.45) is 5.77. The molecule has 2 rings (SSSR count). The van der Waals surface area contributed by atoms with Crippen LogP contribution in [-0.4, -0.2) is 25.9 Å². The van der Waals surface area contributed by atoms with Gasteiger partial charge < -0.3 is 9.88 Å². The zero-order valence-corrected chi connectivity index (χ0v) is 12.9. The third-order valence-corrected chi connectivity index (χ3v) is 3.67. The number of aromatic nitrogens is 4. The number of hydrogen-bond donors (Lipinski definition) is 1. The molecular formula is C15H25N5. The molecule has 5 heteroatoms. The molecule has 0 radical (unpaired) electrons. The molecule has 20 heavy (non-hydrogen) atoms. The van der Waals surface area contributed by atoms with Crippen LogP contribution in [0, 0.1) is 0 Å². The van der Waals surface area contributed by atoms with E-state index in [-0.39, 0.29) is 6.04 Å². The molecule has 110 valence electrons. The quantitative estimate of drug-likeness (QED) is 0.841. The van der Waals surface area contributed by atoms with Crippen molar-refractivity contribution in [2.45, 2.75) is 46.2 Å². The molecule has 5 nitrogen and oxygen atoms in total. The van der Waals surface area contributed by atoms with Gasteiger partial charge in [0.25, 0.3) is 0 Å². The van der Waals surface area contributed by atoms with Gasteiger partial charge in [-0.25, -0.2) is 4.98 Å². The van der Waals surface area contributed by atoms with Crippen molar-refractivity contribution in [2.75, 3.05) is 6.54 Å². The van der Waals surface area contributed by atoms with Gasteiger partial charge in [-0.1, -0.05) is 13.8 Å². The fourth-order valence-corrected chi connectivity index (χ4v) is 2.57. The molecule has 2 heterocycles. The summed E-state index contributed by atoms with van der Waals surface area (Å²) in [6, 6.07) is 2.46. The van der Waals surface area contributed by atoms with Crippen LogP contribution in [0.1, 0.15) is 44.0 Å². The van der Waals surface area contributed by atoms with Crippen molar-refractivity contribution in [3.8, 4) is 0 Å². The standard InChI is InChI=1S/C15H25N5/c1-5-12-10-14(19(4)18-12)13(16-6-2)11-15-17-8-9-20(15)7-3/h8-10,13,16H,5-7,11H2,1-4H3. The van der Waals surface area contributed by atoms with Crippen LogP contribution in [-0.2, 0) is 26.4 Å². The predicted octanol–water partition coefficient (Wildman–Crippen LogP) is 2.09. The Bertz CT molecular complexity index is 540. The van der Waals surface area contributed by atoms with E-state index in [0.29, 0.717) is 0 Å². The van der Waals surface area contributed by atoms with E-state index < -0.39 is 0 Å². The van der Waals surface area contributed by atoms with Crippen LogP contribution in [0.2, 0.25) is 0 Å². The minimum Gasteiger partial charge on any atom is -0.335 e. The molecule has 0 saturated carbocycles. The summed E-state index contributed by atoms with van der Waals surface area (Å²) in [4.78, 5) is 4.48. The van der Waals surface area contributed by atoms with Gasteiger partial charge in [0.05, 0.1) is 17.4 Å². The molecule has 1 atom stereocenters. The van der Waals surface area contributed by atoms with Gasteiger partial charge in [0.1, 0.15) is 5.82 Å². The number of likely N-dealkylation sites (N-methyl/N-ethyl adjacent to an activating group) is 1. The van der Waals surface area contributed by atoms with Crippen LogP contribution in [0.3, 0.4) is 0 Å². The lowest BCUT2D eigenvalue weighted by Gasteiger charge is -2.18. The van der Waals surface area contributed by atoms with Crippen LogP contribution in [0.15, 0.2) is 18.5 Å². The Morgan fingerprint density at radius 3 is 2.70 bits per heavy atom. The summed E-state index contributed by atoms with van der Waals surface area (Å²) in [5.41, 5.74) is 2.37. The maximum atomic E-state index is 4.55. The first kappa shape index (κ1) is 14.8. The summed E-state index contributed by atoms with van der Waals surface area (Å²) in [7, 11) is 2.02. The van der Waals surface area contributed by atoms with Gasteiger partial charge in [0.15, 0.2) is 0 Å². The number of imidazole rings is 1. The Hall–Kier alpha value is -1.62. The Labute approximate surface area is 121 Å². The molecule has 1 unspecified atom stereocenters. The monoisotopic (exact) mass is 275 g/mol. The van der Waals surface area contributed by atoms with Crippen LogP contribution >= 0.6 is 0 Å². The van der Waals surface area contributed by atoms with E-state index in [2.05, 4.69) is 46.8 Å². The molecule has 0 saturated heterocycles. The van der Waals surface area contributed by atoms with E-state index in [4.69, 9.17) is 0 Å². The molecule has 2 aromatic rings. The number of hydrogen-bond acceptors (Lipinski definition) is 3. The van der Waals surface area contributed by atoms with E-state index in [1.807, 2.05) is 24.1 Å². The minimum atomic E-state index is 0.255. The minimum absolute atomic E-state index is 0.255. The summed E-state index contributed by atoms with van der Waals surface area (Å²) >= 11 is 0. The predicted molar refractivity (Wildman–Crippen MR) is 80.6 cm³/mol. The molecule has 0 bridgehead atoms. The normalized spacial score (nSPS) is 12.8. The summed E-state index contributed by atoms with van der Waals surface area (Å²) in [5, 5.41) is 8.11. The Kier molecular flexibility index (Phi) is 4.95. The second kappa shape index (κ2) is 6.70. The SMILES string of the molecule is CCNC(Cc1nccn1CC)c1cc(CC)nn1C. The van der Waals surface area contributed by atoms with Gasteiger partial charge in [-0.2, -0.15) is 5.10 Å². The van der Waals surface area contributed by atoms with Gasteiger partial charge in [0, 0.05) is 32.4 Å². The fourth-order valence-electron chi connectivity index (χ4n) is 2.57. The fraction of sp³-hybridized carbons (Fsp3) is 0.600. The number of nitrogens with zero attached hydrogens (tertiary/aromatic N) is 4. The van der Waals surface area contributed by atoms with Crippen molar-refractivity contribution in [2.24, 2.45) is 7.05 Å². The smallest absolute Gasteiger partial charge is 0.110 e. The van der Waals surface area contributed by atoms with Crippen molar-refractivity contribution in [1.82, 2.24) is 24.6 Å². The Morgan fingerprint density at radius 2 is 2.10 bits per heavy atom. The third kappa shape index (κ3) is 3.10. The Balaban J connectivity index is 2.24. The molecule has 0 aromatic carbocycles. The average Bonchev–Trinajstić information content (AvgIpc) is 3.04. The lowest BCUT2D eigenvalue weighted by atomic mass is 10.1. The topological polar surface area (TPSA) is 47.7 Å². The van der Waals surface area contributed by atoms with Crippen molar-refractivity contribution in [3.63, 3.8) is 0 Å². The molecule has 0 spiro atoms. The average molecular weight is 275 g/mol. The summed E-state index contributed by atoms with van der Waals surface area (Å²) in [6.45, 7) is 8.31. The van der Waals surface area contributed by atoms with E-state index in [1.165, 1.54) is 5.69 Å². The first-order chi connectivity index (χ1) is 9.69. The molecule has 0 aliphatic rings.